The molecule has 0 N–H and O–H groups in total. The van der Waals surface area contributed by atoms with Crippen molar-refractivity contribution in [3.63, 3.8) is 0 Å². The Hall–Kier alpha value is 0.770. The largest absolute Gasteiger partial charge is 0.127 e. The molecule has 0 amide bonds. The van der Waals surface area contributed by atoms with Crippen LogP contribution in [0.1, 0.15) is 109 Å². The Bertz CT molecular complexity index is 155. The van der Waals surface area contributed by atoms with E-state index in [1.165, 1.54) is 114 Å². The Kier molecular flexibility index (Phi) is 21.5. The zero-order valence-electron chi connectivity index (χ0n) is 14.2. The van der Waals surface area contributed by atoms with Crippen LogP contribution in [0.25, 0.3) is 0 Å². The average molecular weight is 382 g/mol. The highest BCUT2D eigenvalue weighted by atomic mass is 79.9. The van der Waals surface area contributed by atoms with Crippen molar-refractivity contribution in [1.29, 1.82) is 0 Å². The third-order valence-corrected chi connectivity index (χ3v) is 5.10. The van der Waals surface area contributed by atoms with Crippen molar-refractivity contribution in [3.05, 3.63) is 0 Å². The number of unbranched alkanes of at least 4 members (excludes halogenated alkanes) is 16. The third-order valence-electron chi connectivity index (χ3n) is 4.27. The Morgan fingerprint density at radius 2 is 0.619 bits per heavy atom. The molecule has 0 saturated heterocycles. The van der Waals surface area contributed by atoms with Crippen LogP contribution in [-0.2, 0) is 0 Å². The van der Waals surface area contributed by atoms with Gasteiger partial charge in [-0.15, -0.1) is 11.6 Å². The van der Waals surface area contributed by atoms with E-state index in [9.17, 15) is 0 Å². The molecule has 0 aromatic carbocycles. The van der Waals surface area contributed by atoms with Crippen molar-refractivity contribution in [3.8, 4) is 0 Å². The van der Waals surface area contributed by atoms with Gasteiger partial charge in [0.15, 0.2) is 0 Å². The minimum Gasteiger partial charge on any atom is -0.127 e. The fourth-order valence-electron chi connectivity index (χ4n) is 2.84. The number of alkyl halides is 2. The molecule has 21 heavy (non-hydrogen) atoms. The van der Waals surface area contributed by atoms with Crippen LogP contribution in [0, 0.1) is 0 Å². The summed E-state index contributed by atoms with van der Waals surface area (Å²) in [6.07, 6.45) is 24.2. The molecule has 0 saturated carbocycles. The lowest BCUT2D eigenvalue weighted by atomic mass is 10.0. The minimum absolute atomic E-state index is 0.844. The monoisotopic (exact) mass is 380 g/mol. The van der Waals surface area contributed by atoms with E-state index in [0.717, 1.165) is 5.88 Å². The first kappa shape index (κ1) is 21.8. The summed E-state index contributed by atoms with van der Waals surface area (Å²) in [6.45, 7) is 0. The van der Waals surface area contributed by atoms with E-state index in [4.69, 9.17) is 11.6 Å². The van der Waals surface area contributed by atoms with Gasteiger partial charge in [0.25, 0.3) is 0 Å². The van der Waals surface area contributed by atoms with Crippen LogP contribution in [-0.4, -0.2) is 11.2 Å². The average Bonchev–Trinajstić information content (AvgIpc) is 2.50. The lowest BCUT2D eigenvalue weighted by molar-refractivity contribution is 0.529. The first-order valence-corrected chi connectivity index (χ1v) is 11.2. The molecule has 0 atom stereocenters. The van der Waals surface area contributed by atoms with Gasteiger partial charge in [0.2, 0.25) is 0 Å². The molecule has 0 spiro atoms. The van der Waals surface area contributed by atoms with Crippen molar-refractivity contribution < 1.29 is 0 Å². The number of hydrogen-bond acceptors (Lipinski definition) is 0. The van der Waals surface area contributed by atoms with Crippen LogP contribution in [0.5, 0.6) is 0 Å². The van der Waals surface area contributed by atoms with Crippen molar-refractivity contribution in [2.75, 3.05) is 11.2 Å². The summed E-state index contributed by atoms with van der Waals surface area (Å²) in [5, 5.41) is 1.18. The molecule has 0 radical (unpaired) electrons. The molecule has 0 rings (SSSR count). The SMILES string of the molecule is ClCCCCCCCCCCCCCCCCCCCBr. The lowest BCUT2D eigenvalue weighted by Gasteiger charge is -2.03. The molecule has 0 aromatic rings. The standard InChI is InChI=1S/C19H38BrCl/c20-18-16-14-12-10-8-6-4-2-1-3-5-7-9-11-13-15-17-19-21/h1-19H2. The molecule has 0 aromatic heterocycles. The Morgan fingerprint density at radius 3 is 0.857 bits per heavy atom. The van der Waals surface area contributed by atoms with Gasteiger partial charge in [-0.25, -0.2) is 0 Å². The molecular weight excluding hydrogens is 344 g/mol. The highest BCUT2D eigenvalue weighted by molar-refractivity contribution is 9.09. The second-order valence-electron chi connectivity index (χ2n) is 6.39. The van der Waals surface area contributed by atoms with Gasteiger partial charge >= 0.3 is 0 Å². The van der Waals surface area contributed by atoms with E-state index >= 15 is 0 Å². The summed E-state index contributed by atoms with van der Waals surface area (Å²) in [4.78, 5) is 0. The third kappa shape index (κ3) is 20.8. The number of hydrogen-bond donors (Lipinski definition) is 0. The lowest BCUT2D eigenvalue weighted by Crippen LogP contribution is -1.84. The maximum absolute atomic E-state index is 5.67. The molecule has 0 aliphatic rings. The molecule has 0 bridgehead atoms. The Balaban J connectivity index is 2.90. The summed E-state index contributed by atoms with van der Waals surface area (Å²) < 4.78 is 0. The fraction of sp³-hybridized carbons (Fsp3) is 1.00. The van der Waals surface area contributed by atoms with Crippen LogP contribution in [0.3, 0.4) is 0 Å². The summed E-state index contributed by atoms with van der Waals surface area (Å²) >= 11 is 9.16. The van der Waals surface area contributed by atoms with Gasteiger partial charge in [-0.2, -0.15) is 0 Å². The van der Waals surface area contributed by atoms with Crippen LogP contribution in [0.15, 0.2) is 0 Å². The predicted molar refractivity (Wildman–Crippen MR) is 103 cm³/mol. The molecule has 0 unspecified atom stereocenters. The summed E-state index contributed by atoms with van der Waals surface area (Å²) in [7, 11) is 0. The highest BCUT2D eigenvalue weighted by Gasteiger charge is 1.94. The summed E-state index contributed by atoms with van der Waals surface area (Å²) in [5.74, 6) is 0.844. The summed E-state index contributed by atoms with van der Waals surface area (Å²) in [6, 6.07) is 0. The van der Waals surface area contributed by atoms with Crippen LogP contribution < -0.4 is 0 Å². The van der Waals surface area contributed by atoms with Crippen molar-refractivity contribution in [1.82, 2.24) is 0 Å². The van der Waals surface area contributed by atoms with E-state index < -0.39 is 0 Å². The first-order chi connectivity index (χ1) is 10.4. The molecule has 0 aliphatic heterocycles. The zero-order valence-corrected chi connectivity index (χ0v) is 16.5. The van der Waals surface area contributed by atoms with Crippen LogP contribution in [0.4, 0.5) is 0 Å². The van der Waals surface area contributed by atoms with Gasteiger partial charge in [0.1, 0.15) is 0 Å². The van der Waals surface area contributed by atoms with Crippen molar-refractivity contribution in [2.45, 2.75) is 109 Å². The minimum atomic E-state index is 0.844. The van der Waals surface area contributed by atoms with Gasteiger partial charge in [-0.05, 0) is 12.8 Å². The van der Waals surface area contributed by atoms with Crippen molar-refractivity contribution >= 4 is 27.5 Å². The van der Waals surface area contributed by atoms with Crippen molar-refractivity contribution in [2.24, 2.45) is 0 Å². The quantitative estimate of drug-likeness (QED) is 0.165. The number of halogens is 2. The molecule has 0 aliphatic carbocycles. The van der Waals surface area contributed by atoms with E-state index in [1.54, 1.807) is 0 Å². The molecule has 2 heteroatoms. The second kappa shape index (κ2) is 20.8. The van der Waals surface area contributed by atoms with Gasteiger partial charge in [0, 0.05) is 11.2 Å². The highest BCUT2D eigenvalue weighted by Crippen LogP contribution is 2.14. The van der Waals surface area contributed by atoms with Gasteiger partial charge in [-0.1, -0.05) is 112 Å². The van der Waals surface area contributed by atoms with Gasteiger partial charge in [0.05, 0.1) is 0 Å². The fourth-order valence-corrected chi connectivity index (χ4v) is 3.43. The van der Waals surface area contributed by atoms with E-state index in [0.29, 0.717) is 0 Å². The van der Waals surface area contributed by atoms with Crippen LogP contribution >= 0.6 is 27.5 Å². The molecule has 0 fully saturated rings. The summed E-state index contributed by atoms with van der Waals surface area (Å²) in [5.41, 5.74) is 0. The second-order valence-corrected chi connectivity index (χ2v) is 7.56. The molecule has 0 nitrogen and oxygen atoms in total. The molecule has 128 valence electrons. The normalized spacial score (nSPS) is 11.1. The topological polar surface area (TPSA) is 0 Å². The van der Waals surface area contributed by atoms with Gasteiger partial charge in [-0.3, -0.25) is 0 Å². The predicted octanol–water partition coefficient (Wildman–Crippen LogP) is 8.25. The molecule has 0 heterocycles. The maximum atomic E-state index is 5.67. The van der Waals surface area contributed by atoms with E-state index in [-0.39, 0.29) is 0 Å². The Labute approximate surface area is 147 Å². The number of rotatable bonds is 18. The van der Waals surface area contributed by atoms with E-state index in [1.807, 2.05) is 0 Å². The zero-order chi connectivity index (χ0) is 15.4. The molecular formula is C19H38BrCl. The van der Waals surface area contributed by atoms with Gasteiger partial charge < -0.3 is 0 Å². The first-order valence-electron chi connectivity index (χ1n) is 9.53. The van der Waals surface area contributed by atoms with Crippen LogP contribution in [0.2, 0.25) is 0 Å². The smallest absolute Gasteiger partial charge is 0.0223 e. The maximum Gasteiger partial charge on any atom is 0.0223 e. The Morgan fingerprint density at radius 1 is 0.381 bits per heavy atom. The van der Waals surface area contributed by atoms with E-state index in [2.05, 4.69) is 15.9 Å².